The second-order valence-electron chi connectivity index (χ2n) is 3.25. The number of carbonyl (C=O) groups excluding carboxylic acids is 1. The molecular weight excluding hydrogens is 246 g/mol. The fourth-order valence-corrected chi connectivity index (χ4v) is 1.36. The number of nitro benzene ring substituents is 1. The van der Waals surface area contributed by atoms with Crippen LogP contribution in [-0.4, -0.2) is 23.9 Å². The number of carbonyl (C=O) groups is 1. The topological polar surface area (TPSA) is 84.3 Å². The molecule has 1 amide bonds. The molecule has 0 saturated carbocycles. The van der Waals surface area contributed by atoms with Gasteiger partial charge >= 0.3 is 0 Å². The molecule has 2 N–H and O–H groups in total. The van der Waals surface area contributed by atoms with Crippen molar-refractivity contribution in [2.45, 2.75) is 6.92 Å². The molecule has 0 unspecified atom stereocenters. The number of benzene rings is 1. The fraction of sp³-hybridized carbons (Fsp3) is 0.300. The van der Waals surface area contributed by atoms with Crippen molar-refractivity contribution in [1.29, 1.82) is 0 Å². The summed E-state index contributed by atoms with van der Waals surface area (Å²) in [6.07, 6.45) is 0. The fourth-order valence-electron chi connectivity index (χ4n) is 1.17. The van der Waals surface area contributed by atoms with E-state index in [9.17, 15) is 14.9 Å². The van der Waals surface area contributed by atoms with Gasteiger partial charge in [-0.25, -0.2) is 0 Å². The Morgan fingerprint density at radius 1 is 1.53 bits per heavy atom. The second kappa shape index (κ2) is 6.17. The SMILES string of the molecule is CCNCC(=O)Nc1ccc(Cl)c([N+](=O)[O-])c1. The minimum atomic E-state index is -0.595. The monoisotopic (exact) mass is 257 g/mol. The third-order valence-corrected chi connectivity index (χ3v) is 2.28. The zero-order chi connectivity index (χ0) is 12.8. The lowest BCUT2D eigenvalue weighted by atomic mass is 10.3. The van der Waals surface area contributed by atoms with Crippen molar-refractivity contribution in [3.63, 3.8) is 0 Å². The molecule has 0 aliphatic rings. The maximum Gasteiger partial charge on any atom is 0.289 e. The van der Waals surface area contributed by atoms with Crippen molar-refractivity contribution in [1.82, 2.24) is 5.32 Å². The molecule has 0 aliphatic heterocycles. The van der Waals surface area contributed by atoms with Gasteiger partial charge in [0.05, 0.1) is 11.5 Å². The third-order valence-electron chi connectivity index (χ3n) is 1.96. The average Bonchev–Trinajstić information content (AvgIpc) is 2.28. The van der Waals surface area contributed by atoms with E-state index >= 15 is 0 Å². The molecular formula is C10H12ClN3O3. The largest absolute Gasteiger partial charge is 0.325 e. The lowest BCUT2D eigenvalue weighted by Gasteiger charge is -2.05. The highest BCUT2D eigenvalue weighted by atomic mass is 35.5. The molecule has 0 radical (unpaired) electrons. The van der Waals surface area contributed by atoms with Gasteiger partial charge in [0.1, 0.15) is 5.02 Å². The Balaban J connectivity index is 2.75. The van der Waals surface area contributed by atoms with Crippen molar-refractivity contribution in [3.05, 3.63) is 33.3 Å². The Kier molecular flexibility index (Phi) is 4.86. The number of nitro groups is 1. The second-order valence-corrected chi connectivity index (χ2v) is 3.66. The normalized spacial score (nSPS) is 10.0. The summed E-state index contributed by atoms with van der Waals surface area (Å²) in [6.45, 7) is 2.71. The van der Waals surface area contributed by atoms with Crippen LogP contribution in [0.15, 0.2) is 18.2 Å². The van der Waals surface area contributed by atoms with E-state index in [1.54, 1.807) is 0 Å². The van der Waals surface area contributed by atoms with Gasteiger partial charge in [-0.3, -0.25) is 14.9 Å². The summed E-state index contributed by atoms with van der Waals surface area (Å²) in [6, 6.07) is 4.12. The van der Waals surface area contributed by atoms with E-state index in [1.807, 2.05) is 6.92 Å². The van der Waals surface area contributed by atoms with Crippen LogP contribution in [0.25, 0.3) is 0 Å². The molecule has 1 rings (SSSR count). The smallest absolute Gasteiger partial charge is 0.289 e. The number of nitrogens with zero attached hydrogens (tertiary/aromatic N) is 1. The van der Waals surface area contributed by atoms with Gasteiger partial charge in [-0.15, -0.1) is 0 Å². The van der Waals surface area contributed by atoms with Crippen molar-refractivity contribution < 1.29 is 9.72 Å². The van der Waals surface area contributed by atoms with Gasteiger partial charge in [-0.2, -0.15) is 0 Å². The van der Waals surface area contributed by atoms with Crippen LogP contribution in [0.4, 0.5) is 11.4 Å². The summed E-state index contributed by atoms with van der Waals surface area (Å²) in [4.78, 5) is 21.4. The van der Waals surface area contributed by atoms with Crippen molar-refractivity contribution in [3.8, 4) is 0 Å². The molecule has 6 nitrogen and oxygen atoms in total. The molecule has 0 aliphatic carbocycles. The van der Waals surface area contributed by atoms with Crippen molar-refractivity contribution in [2.24, 2.45) is 0 Å². The minimum Gasteiger partial charge on any atom is -0.325 e. The van der Waals surface area contributed by atoms with Gasteiger partial charge in [-0.1, -0.05) is 18.5 Å². The number of rotatable bonds is 5. The molecule has 7 heteroatoms. The van der Waals surface area contributed by atoms with E-state index < -0.39 is 4.92 Å². The van der Waals surface area contributed by atoms with Gasteiger partial charge in [0.15, 0.2) is 0 Å². The number of hydrogen-bond acceptors (Lipinski definition) is 4. The number of amides is 1. The Bertz CT molecular complexity index is 437. The average molecular weight is 258 g/mol. The molecule has 92 valence electrons. The third kappa shape index (κ3) is 4.01. The van der Waals surface area contributed by atoms with Crippen LogP contribution in [0, 0.1) is 10.1 Å². The quantitative estimate of drug-likeness (QED) is 0.622. The van der Waals surface area contributed by atoms with Crippen LogP contribution < -0.4 is 10.6 Å². The molecule has 0 bridgehead atoms. The predicted molar refractivity (Wildman–Crippen MR) is 65.3 cm³/mol. The number of anilines is 1. The molecule has 0 fully saturated rings. The number of nitrogens with one attached hydrogen (secondary N) is 2. The summed E-state index contributed by atoms with van der Waals surface area (Å²) in [7, 11) is 0. The molecule has 0 saturated heterocycles. The summed E-state index contributed by atoms with van der Waals surface area (Å²) in [5, 5.41) is 16.0. The maximum absolute atomic E-state index is 11.4. The first kappa shape index (κ1) is 13.4. The summed E-state index contributed by atoms with van der Waals surface area (Å²) in [5.74, 6) is -0.261. The molecule has 0 aromatic heterocycles. The number of hydrogen-bond donors (Lipinski definition) is 2. The Labute approximate surface area is 103 Å². The van der Waals surface area contributed by atoms with E-state index in [-0.39, 0.29) is 23.2 Å². The van der Waals surface area contributed by atoms with Gasteiger partial charge in [0.25, 0.3) is 5.69 Å². The zero-order valence-corrected chi connectivity index (χ0v) is 9.95. The standard InChI is InChI=1S/C10H12ClN3O3/c1-2-12-6-10(15)13-7-3-4-8(11)9(5-7)14(16)17/h3-5,12H,2,6H2,1H3,(H,13,15). The van der Waals surface area contributed by atoms with E-state index in [0.717, 1.165) is 0 Å². The highest BCUT2D eigenvalue weighted by Crippen LogP contribution is 2.27. The van der Waals surface area contributed by atoms with E-state index in [1.165, 1.54) is 18.2 Å². The lowest BCUT2D eigenvalue weighted by molar-refractivity contribution is -0.384. The van der Waals surface area contributed by atoms with Crippen LogP contribution in [0.5, 0.6) is 0 Å². The van der Waals surface area contributed by atoms with Gasteiger partial charge in [0, 0.05) is 11.8 Å². The van der Waals surface area contributed by atoms with E-state index in [4.69, 9.17) is 11.6 Å². The van der Waals surface area contributed by atoms with Crippen LogP contribution in [-0.2, 0) is 4.79 Å². The summed E-state index contributed by atoms with van der Waals surface area (Å²) >= 11 is 5.64. The predicted octanol–water partition coefficient (Wildman–Crippen LogP) is 1.80. The van der Waals surface area contributed by atoms with Crippen LogP contribution in [0.2, 0.25) is 5.02 Å². The maximum atomic E-state index is 11.4. The highest BCUT2D eigenvalue weighted by molar-refractivity contribution is 6.32. The molecule has 1 aromatic rings. The van der Waals surface area contributed by atoms with Crippen molar-refractivity contribution in [2.75, 3.05) is 18.4 Å². The Morgan fingerprint density at radius 2 is 2.24 bits per heavy atom. The first-order valence-corrected chi connectivity index (χ1v) is 5.37. The Hall–Kier alpha value is -1.66. The van der Waals surface area contributed by atoms with Crippen LogP contribution in [0.1, 0.15) is 6.92 Å². The minimum absolute atomic E-state index is 0.0414. The van der Waals surface area contributed by atoms with Crippen LogP contribution in [0.3, 0.4) is 0 Å². The van der Waals surface area contributed by atoms with E-state index in [0.29, 0.717) is 12.2 Å². The first-order valence-electron chi connectivity index (χ1n) is 4.99. The molecule has 0 atom stereocenters. The van der Waals surface area contributed by atoms with Gasteiger partial charge in [0.2, 0.25) is 5.91 Å². The molecule has 1 aromatic carbocycles. The number of halogens is 1. The van der Waals surface area contributed by atoms with Gasteiger partial charge in [-0.05, 0) is 18.7 Å². The zero-order valence-electron chi connectivity index (χ0n) is 9.20. The molecule has 0 heterocycles. The van der Waals surface area contributed by atoms with Crippen molar-refractivity contribution >= 4 is 28.9 Å². The first-order chi connectivity index (χ1) is 8.04. The van der Waals surface area contributed by atoms with E-state index in [2.05, 4.69) is 10.6 Å². The highest BCUT2D eigenvalue weighted by Gasteiger charge is 2.13. The Morgan fingerprint density at radius 3 is 2.82 bits per heavy atom. The number of likely N-dealkylation sites (N-methyl/N-ethyl adjacent to an activating group) is 1. The summed E-state index contributed by atoms with van der Waals surface area (Å²) in [5.41, 5.74) is 0.122. The summed E-state index contributed by atoms with van der Waals surface area (Å²) < 4.78 is 0. The van der Waals surface area contributed by atoms with Crippen LogP contribution >= 0.6 is 11.6 Å². The van der Waals surface area contributed by atoms with Gasteiger partial charge < -0.3 is 10.6 Å². The molecule has 0 spiro atoms. The lowest BCUT2D eigenvalue weighted by Crippen LogP contribution is -2.27. The molecule has 17 heavy (non-hydrogen) atoms.